The lowest BCUT2D eigenvalue weighted by Crippen LogP contribution is -2.21. The van der Waals surface area contributed by atoms with E-state index in [4.69, 9.17) is 4.74 Å². The number of anilines is 4. The average molecular weight is 448 g/mol. The number of amides is 1. The maximum Gasteiger partial charge on any atom is 0.273 e. The van der Waals surface area contributed by atoms with Gasteiger partial charge in [-0.05, 0) is 34.7 Å². The summed E-state index contributed by atoms with van der Waals surface area (Å²) < 4.78 is 20.8. The standard InChI is InChI=1S/C20H17FN10O2/c1-22-20(32)17-14(9-16(26-27-17)25-15-6-5-11(21)10-23-15)24-13-4-2-3-12-18(13)33-8-7-31-19(12)28-29-30-31/h2-6,9-10H,7-8H2,1H3,(H,22,32)(H2,23,24,25,26). The Hall–Kier alpha value is -4.68. The minimum absolute atomic E-state index is 0.0752. The van der Waals surface area contributed by atoms with Gasteiger partial charge in [-0.15, -0.1) is 15.3 Å². The number of hydrogen-bond donors (Lipinski definition) is 3. The molecule has 13 heteroatoms. The van der Waals surface area contributed by atoms with E-state index in [-0.39, 0.29) is 5.69 Å². The first-order chi connectivity index (χ1) is 16.1. The van der Waals surface area contributed by atoms with Crippen molar-refractivity contribution in [3.63, 3.8) is 0 Å². The highest BCUT2D eigenvalue weighted by atomic mass is 19.1. The Bertz CT molecular complexity index is 1320. The first-order valence-corrected chi connectivity index (χ1v) is 9.90. The maximum atomic E-state index is 13.2. The summed E-state index contributed by atoms with van der Waals surface area (Å²) in [6, 6.07) is 9.82. The average Bonchev–Trinajstić information content (AvgIpc) is 3.22. The second kappa shape index (κ2) is 8.45. The number of nitrogens with zero attached hydrogens (tertiary/aromatic N) is 7. The van der Waals surface area contributed by atoms with Crippen LogP contribution in [0.2, 0.25) is 0 Å². The molecule has 0 spiro atoms. The minimum Gasteiger partial charge on any atom is -0.489 e. The summed E-state index contributed by atoms with van der Waals surface area (Å²) in [5.41, 5.74) is 1.74. The van der Waals surface area contributed by atoms with Crippen LogP contribution in [0.4, 0.5) is 27.4 Å². The Labute approximate surface area is 186 Å². The highest BCUT2D eigenvalue weighted by molar-refractivity contribution is 5.99. The second-order valence-corrected chi connectivity index (χ2v) is 6.94. The molecule has 0 unspecified atom stereocenters. The first kappa shape index (κ1) is 20.2. The van der Waals surface area contributed by atoms with E-state index in [0.717, 1.165) is 6.20 Å². The Balaban J connectivity index is 1.53. The molecule has 5 rings (SSSR count). The fourth-order valence-corrected chi connectivity index (χ4v) is 3.31. The number of halogens is 1. The molecule has 0 fully saturated rings. The molecule has 3 aromatic heterocycles. The Morgan fingerprint density at radius 1 is 1.09 bits per heavy atom. The van der Waals surface area contributed by atoms with Crippen molar-refractivity contribution in [2.75, 3.05) is 24.3 Å². The van der Waals surface area contributed by atoms with Gasteiger partial charge in [0.25, 0.3) is 5.91 Å². The molecule has 0 saturated carbocycles. The lowest BCUT2D eigenvalue weighted by Gasteiger charge is -2.16. The molecule has 0 bridgehead atoms. The fourth-order valence-electron chi connectivity index (χ4n) is 3.31. The number of rotatable bonds is 5. The summed E-state index contributed by atoms with van der Waals surface area (Å²) >= 11 is 0. The number of ether oxygens (including phenoxy) is 1. The monoisotopic (exact) mass is 448 g/mol. The van der Waals surface area contributed by atoms with Crippen LogP contribution in [0.25, 0.3) is 11.4 Å². The van der Waals surface area contributed by atoms with E-state index in [9.17, 15) is 9.18 Å². The van der Waals surface area contributed by atoms with E-state index in [1.807, 2.05) is 12.1 Å². The van der Waals surface area contributed by atoms with Crippen LogP contribution in [0.5, 0.6) is 5.75 Å². The molecule has 0 saturated heterocycles. The lowest BCUT2D eigenvalue weighted by molar-refractivity contribution is 0.0958. The molecule has 4 heterocycles. The summed E-state index contributed by atoms with van der Waals surface area (Å²) in [6.07, 6.45) is 1.08. The molecular weight excluding hydrogens is 431 g/mol. The lowest BCUT2D eigenvalue weighted by atomic mass is 10.1. The van der Waals surface area contributed by atoms with Crippen LogP contribution >= 0.6 is 0 Å². The summed E-state index contributed by atoms with van der Waals surface area (Å²) in [5, 5.41) is 28.6. The van der Waals surface area contributed by atoms with Gasteiger partial charge in [0.15, 0.2) is 23.1 Å². The number of tetrazole rings is 1. The van der Waals surface area contributed by atoms with E-state index in [2.05, 4.69) is 46.7 Å². The molecule has 4 aromatic rings. The van der Waals surface area contributed by atoms with E-state index >= 15 is 0 Å². The molecule has 166 valence electrons. The Kier molecular flexibility index (Phi) is 5.18. The zero-order valence-corrected chi connectivity index (χ0v) is 17.3. The zero-order valence-electron chi connectivity index (χ0n) is 17.3. The normalized spacial score (nSPS) is 12.1. The van der Waals surface area contributed by atoms with E-state index in [1.165, 1.54) is 19.2 Å². The maximum absolute atomic E-state index is 13.2. The van der Waals surface area contributed by atoms with Crippen molar-refractivity contribution in [2.45, 2.75) is 6.54 Å². The van der Waals surface area contributed by atoms with Crippen LogP contribution in [0, 0.1) is 5.82 Å². The van der Waals surface area contributed by atoms with Gasteiger partial charge in [-0.25, -0.2) is 14.1 Å². The molecule has 0 atom stereocenters. The van der Waals surface area contributed by atoms with Crippen molar-refractivity contribution in [2.24, 2.45) is 0 Å². The number of nitrogens with one attached hydrogen (secondary N) is 3. The number of benzene rings is 1. The molecule has 33 heavy (non-hydrogen) atoms. The summed E-state index contributed by atoms with van der Waals surface area (Å²) in [7, 11) is 1.50. The highest BCUT2D eigenvalue weighted by Crippen LogP contribution is 2.39. The van der Waals surface area contributed by atoms with Gasteiger partial charge in [0.05, 0.1) is 29.7 Å². The molecular formula is C20H17FN10O2. The van der Waals surface area contributed by atoms with Crippen molar-refractivity contribution in [1.82, 2.24) is 40.7 Å². The first-order valence-electron chi connectivity index (χ1n) is 9.90. The predicted octanol–water partition coefficient (Wildman–Crippen LogP) is 1.90. The fraction of sp³-hybridized carbons (Fsp3) is 0.150. The quantitative estimate of drug-likeness (QED) is 0.414. The van der Waals surface area contributed by atoms with Gasteiger partial charge >= 0.3 is 0 Å². The molecule has 0 aliphatic carbocycles. The number of para-hydroxylation sites is 1. The van der Waals surface area contributed by atoms with Crippen LogP contribution in [-0.2, 0) is 6.54 Å². The summed E-state index contributed by atoms with van der Waals surface area (Å²) in [6.45, 7) is 0.860. The third-order valence-corrected chi connectivity index (χ3v) is 4.83. The summed E-state index contributed by atoms with van der Waals surface area (Å²) in [5.74, 6) is 0.906. The van der Waals surface area contributed by atoms with Gasteiger partial charge in [-0.3, -0.25) is 4.79 Å². The van der Waals surface area contributed by atoms with Crippen LogP contribution < -0.4 is 20.7 Å². The van der Waals surface area contributed by atoms with Crippen molar-refractivity contribution in [3.05, 3.63) is 54.1 Å². The van der Waals surface area contributed by atoms with Gasteiger partial charge < -0.3 is 20.7 Å². The third-order valence-electron chi connectivity index (χ3n) is 4.83. The number of pyridine rings is 1. The van der Waals surface area contributed by atoms with Crippen LogP contribution in [0.3, 0.4) is 0 Å². The van der Waals surface area contributed by atoms with Crippen LogP contribution in [0.1, 0.15) is 10.5 Å². The summed E-state index contributed by atoms with van der Waals surface area (Å²) in [4.78, 5) is 16.4. The largest absolute Gasteiger partial charge is 0.489 e. The molecule has 12 nitrogen and oxygen atoms in total. The molecule has 1 aliphatic rings. The molecule has 1 amide bonds. The zero-order chi connectivity index (χ0) is 22.8. The highest BCUT2D eigenvalue weighted by Gasteiger charge is 2.22. The molecule has 1 aliphatic heterocycles. The van der Waals surface area contributed by atoms with Gasteiger partial charge in [0, 0.05) is 13.1 Å². The van der Waals surface area contributed by atoms with E-state index in [1.54, 1.807) is 16.8 Å². The number of aromatic nitrogens is 7. The van der Waals surface area contributed by atoms with Crippen molar-refractivity contribution < 1.29 is 13.9 Å². The predicted molar refractivity (Wildman–Crippen MR) is 115 cm³/mol. The van der Waals surface area contributed by atoms with Crippen molar-refractivity contribution >= 4 is 28.9 Å². The Morgan fingerprint density at radius 3 is 2.82 bits per heavy atom. The molecule has 3 N–H and O–H groups in total. The topological polar surface area (TPSA) is 145 Å². The van der Waals surface area contributed by atoms with Crippen molar-refractivity contribution in [1.29, 1.82) is 0 Å². The van der Waals surface area contributed by atoms with E-state index < -0.39 is 11.7 Å². The SMILES string of the molecule is CNC(=O)c1nnc(Nc2ccc(F)cn2)cc1Nc1cccc2c1OCCn1nnnc1-2. The third kappa shape index (κ3) is 3.98. The van der Waals surface area contributed by atoms with Gasteiger partial charge in [-0.1, -0.05) is 6.07 Å². The minimum atomic E-state index is -0.459. The van der Waals surface area contributed by atoms with Gasteiger partial charge in [0.1, 0.15) is 18.2 Å². The Morgan fingerprint density at radius 2 is 2.00 bits per heavy atom. The number of fused-ring (bicyclic) bond motifs is 3. The van der Waals surface area contributed by atoms with Crippen LogP contribution in [0.15, 0.2) is 42.6 Å². The number of hydrogen-bond acceptors (Lipinski definition) is 10. The van der Waals surface area contributed by atoms with Crippen molar-refractivity contribution in [3.8, 4) is 17.1 Å². The van der Waals surface area contributed by atoms with E-state index in [0.29, 0.717) is 53.3 Å². The number of carbonyl (C=O) groups is 1. The van der Waals surface area contributed by atoms with Gasteiger partial charge in [0.2, 0.25) is 0 Å². The number of carbonyl (C=O) groups excluding carboxylic acids is 1. The van der Waals surface area contributed by atoms with Crippen LogP contribution in [-0.4, -0.2) is 55.0 Å². The second-order valence-electron chi connectivity index (χ2n) is 6.94. The molecule has 0 radical (unpaired) electrons. The molecule has 1 aromatic carbocycles. The van der Waals surface area contributed by atoms with Gasteiger partial charge in [-0.2, -0.15) is 0 Å². The smallest absolute Gasteiger partial charge is 0.273 e.